The highest BCUT2D eigenvalue weighted by molar-refractivity contribution is 7.13. The van der Waals surface area contributed by atoms with Gasteiger partial charge in [0, 0.05) is 18.4 Å². The number of thiazole rings is 1. The molecule has 0 aromatic carbocycles. The summed E-state index contributed by atoms with van der Waals surface area (Å²) < 4.78 is 11.3. The molecule has 1 unspecified atom stereocenters. The van der Waals surface area contributed by atoms with Gasteiger partial charge < -0.3 is 14.1 Å². The molecule has 1 saturated heterocycles. The van der Waals surface area contributed by atoms with E-state index >= 15 is 0 Å². The molecule has 1 amide bonds. The smallest absolute Gasteiger partial charge is 0.266 e. The second kappa shape index (κ2) is 6.98. The van der Waals surface area contributed by atoms with Gasteiger partial charge in [-0.2, -0.15) is 0 Å². The quantitative estimate of drug-likeness (QED) is 0.843. The monoisotopic (exact) mass is 350 g/mol. The van der Waals surface area contributed by atoms with Crippen molar-refractivity contribution in [1.82, 2.24) is 20.1 Å². The van der Waals surface area contributed by atoms with Gasteiger partial charge in [0.2, 0.25) is 11.8 Å². The fourth-order valence-corrected chi connectivity index (χ4v) is 3.34. The van der Waals surface area contributed by atoms with E-state index in [4.69, 9.17) is 9.15 Å². The highest BCUT2D eigenvalue weighted by atomic mass is 32.1. The van der Waals surface area contributed by atoms with Crippen LogP contribution in [0, 0.1) is 0 Å². The lowest BCUT2D eigenvalue weighted by Crippen LogP contribution is -2.43. The van der Waals surface area contributed by atoms with Gasteiger partial charge in [0.05, 0.1) is 24.4 Å². The molecule has 24 heavy (non-hydrogen) atoms. The Morgan fingerprint density at radius 3 is 2.71 bits per heavy atom. The SMILES string of the molecule is CC(C)c1nnc(C2COCCN2C(=O)c2cnc(C(C)C)s2)o1. The number of hydrogen-bond donors (Lipinski definition) is 0. The van der Waals surface area contributed by atoms with Crippen LogP contribution in [0.25, 0.3) is 0 Å². The maximum Gasteiger partial charge on any atom is 0.266 e. The van der Waals surface area contributed by atoms with Crippen molar-refractivity contribution in [2.45, 2.75) is 45.6 Å². The first-order valence-electron chi connectivity index (χ1n) is 8.15. The van der Waals surface area contributed by atoms with Gasteiger partial charge in [-0.15, -0.1) is 21.5 Å². The van der Waals surface area contributed by atoms with Crippen LogP contribution in [-0.2, 0) is 4.74 Å². The number of rotatable bonds is 4. The van der Waals surface area contributed by atoms with E-state index in [2.05, 4.69) is 29.0 Å². The zero-order valence-electron chi connectivity index (χ0n) is 14.4. The number of amides is 1. The second-order valence-electron chi connectivity index (χ2n) is 6.44. The molecule has 3 heterocycles. The van der Waals surface area contributed by atoms with Crippen LogP contribution in [0.4, 0.5) is 0 Å². The standard InChI is InChI=1S/C16H22N4O3S/c1-9(2)13-18-19-14(23-13)11-8-22-6-5-20(11)16(21)12-7-17-15(24-12)10(3)4/h7,9-11H,5-6,8H2,1-4H3. The predicted octanol–water partition coefficient (Wildman–Crippen LogP) is 2.99. The Kier molecular flexibility index (Phi) is 4.96. The van der Waals surface area contributed by atoms with Crippen LogP contribution < -0.4 is 0 Å². The van der Waals surface area contributed by atoms with Gasteiger partial charge in [0.15, 0.2) is 0 Å². The Bertz CT molecular complexity index is 710. The molecule has 130 valence electrons. The topological polar surface area (TPSA) is 81.4 Å². The van der Waals surface area contributed by atoms with Crippen molar-refractivity contribution in [3.8, 4) is 0 Å². The van der Waals surface area contributed by atoms with E-state index in [1.54, 1.807) is 11.1 Å². The zero-order valence-corrected chi connectivity index (χ0v) is 15.2. The molecule has 3 rings (SSSR count). The molecule has 0 saturated carbocycles. The van der Waals surface area contributed by atoms with E-state index < -0.39 is 0 Å². The molecule has 0 radical (unpaired) electrons. The van der Waals surface area contributed by atoms with E-state index in [0.29, 0.717) is 42.3 Å². The molecule has 0 N–H and O–H groups in total. The molecule has 1 atom stereocenters. The second-order valence-corrected chi connectivity index (χ2v) is 7.50. The van der Waals surface area contributed by atoms with Gasteiger partial charge in [-0.25, -0.2) is 4.98 Å². The number of morpholine rings is 1. The summed E-state index contributed by atoms with van der Waals surface area (Å²) >= 11 is 1.44. The predicted molar refractivity (Wildman–Crippen MR) is 89.2 cm³/mol. The van der Waals surface area contributed by atoms with Crippen molar-refractivity contribution < 1.29 is 13.9 Å². The number of ether oxygens (including phenoxy) is 1. The number of hydrogen-bond acceptors (Lipinski definition) is 7. The largest absolute Gasteiger partial charge is 0.423 e. The van der Waals surface area contributed by atoms with Crippen molar-refractivity contribution in [1.29, 1.82) is 0 Å². The molecule has 0 bridgehead atoms. The Hall–Kier alpha value is -1.80. The van der Waals surface area contributed by atoms with E-state index in [-0.39, 0.29) is 17.9 Å². The highest BCUT2D eigenvalue weighted by Crippen LogP contribution is 2.29. The van der Waals surface area contributed by atoms with Crippen LogP contribution in [0.3, 0.4) is 0 Å². The number of carbonyl (C=O) groups is 1. The Morgan fingerprint density at radius 1 is 1.29 bits per heavy atom. The molecular weight excluding hydrogens is 328 g/mol. The molecule has 7 nitrogen and oxygen atoms in total. The third-order valence-corrected chi connectivity index (χ3v) is 5.14. The van der Waals surface area contributed by atoms with E-state index in [0.717, 1.165) is 5.01 Å². The minimum atomic E-state index is -0.351. The summed E-state index contributed by atoms with van der Waals surface area (Å²) in [6.07, 6.45) is 1.65. The molecule has 2 aromatic heterocycles. The highest BCUT2D eigenvalue weighted by Gasteiger charge is 2.34. The first-order valence-corrected chi connectivity index (χ1v) is 8.96. The van der Waals surface area contributed by atoms with E-state index in [1.165, 1.54) is 11.3 Å². The third-order valence-electron chi connectivity index (χ3n) is 3.85. The molecule has 8 heteroatoms. The van der Waals surface area contributed by atoms with Crippen LogP contribution >= 0.6 is 11.3 Å². The van der Waals surface area contributed by atoms with E-state index in [9.17, 15) is 4.79 Å². The van der Waals surface area contributed by atoms with Crippen molar-refractivity contribution in [2.24, 2.45) is 0 Å². The number of carbonyl (C=O) groups excluding carboxylic acids is 1. The lowest BCUT2D eigenvalue weighted by Gasteiger charge is -2.33. The van der Waals surface area contributed by atoms with Crippen molar-refractivity contribution in [3.63, 3.8) is 0 Å². The Labute approximate surface area is 145 Å². The van der Waals surface area contributed by atoms with Crippen molar-refractivity contribution in [3.05, 3.63) is 27.9 Å². The average molecular weight is 350 g/mol. The summed E-state index contributed by atoms with van der Waals surface area (Å²) in [5.74, 6) is 1.40. The van der Waals surface area contributed by atoms with Gasteiger partial charge in [-0.1, -0.05) is 27.7 Å². The first-order chi connectivity index (χ1) is 11.5. The summed E-state index contributed by atoms with van der Waals surface area (Å²) in [5, 5.41) is 9.14. The molecule has 0 aliphatic carbocycles. The van der Waals surface area contributed by atoms with Crippen LogP contribution in [0.5, 0.6) is 0 Å². The van der Waals surface area contributed by atoms with Gasteiger partial charge in [-0.3, -0.25) is 4.79 Å². The Balaban J connectivity index is 1.84. The van der Waals surface area contributed by atoms with Crippen LogP contribution in [0.1, 0.15) is 72.0 Å². The van der Waals surface area contributed by atoms with Crippen LogP contribution in [-0.4, -0.2) is 45.7 Å². The summed E-state index contributed by atoms with van der Waals surface area (Å²) in [6, 6.07) is -0.351. The Morgan fingerprint density at radius 2 is 2.08 bits per heavy atom. The number of nitrogens with zero attached hydrogens (tertiary/aromatic N) is 4. The average Bonchev–Trinajstić information content (AvgIpc) is 3.23. The normalized spacial score (nSPS) is 18.6. The maximum absolute atomic E-state index is 12.9. The first kappa shape index (κ1) is 17.0. The fraction of sp³-hybridized carbons (Fsp3) is 0.625. The lowest BCUT2D eigenvalue weighted by atomic mass is 10.2. The third kappa shape index (κ3) is 3.34. The lowest BCUT2D eigenvalue weighted by molar-refractivity contribution is -0.0105. The number of aromatic nitrogens is 3. The molecule has 1 aliphatic rings. The fourth-order valence-electron chi connectivity index (χ4n) is 2.46. The molecule has 1 fully saturated rings. The summed E-state index contributed by atoms with van der Waals surface area (Å²) in [5.41, 5.74) is 0. The zero-order chi connectivity index (χ0) is 17.3. The summed E-state index contributed by atoms with van der Waals surface area (Å²) in [6.45, 7) is 9.47. The maximum atomic E-state index is 12.9. The van der Waals surface area contributed by atoms with Crippen molar-refractivity contribution in [2.75, 3.05) is 19.8 Å². The van der Waals surface area contributed by atoms with Gasteiger partial charge >= 0.3 is 0 Å². The van der Waals surface area contributed by atoms with Crippen LogP contribution in [0.15, 0.2) is 10.6 Å². The van der Waals surface area contributed by atoms with Gasteiger partial charge in [0.25, 0.3) is 5.91 Å². The van der Waals surface area contributed by atoms with Crippen LogP contribution in [0.2, 0.25) is 0 Å². The van der Waals surface area contributed by atoms with Gasteiger partial charge in [-0.05, 0) is 0 Å². The molecule has 0 spiro atoms. The van der Waals surface area contributed by atoms with Crippen molar-refractivity contribution >= 4 is 17.2 Å². The summed E-state index contributed by atoms with van der Waals surface area (Å²) in [4.78, 5) is 19.6. The molecule has 2 aromatic rings. The minimum absolute atomic E-state index is 0.0583. The van der Waals surface area contributed by atoms with E-state index in [1.807, 2.05) is 13.8 Å². The molecule has 1 aliphatic heterocycles. The summed E-state index contributed by atoms with van der Waals surface area (Å²) in [7, 11) is 0. The van der Waals surface area contributed by atoms with Gasteiger partial charge in [0.1, 0.15) is 10.9 Å². The minimum Gasteiger partial charge on any atom is -0.423 e. The molecular formula is C16H22N4O3S.